The fourth-order valence-electron chi connectivity index (χ4n) is 3.26. The molecular weight excluding hydrogens is 314 g/mol. The first-order chi connectivity index (χ1) is 10.9. The fraction of sp³-hybridized carbons (Fsp3) is 0.588. The zero-order valence-corrected chi connectivity index (χ0v) is 14.5. The third-order valence-electron chi connectivity index (χ3n) is 4.87. The molecule has 3 rings (SSSR count). The Labute approximate surface area is 142 Å². The average Bonchev–Trinajstić information content (AvgIpc) is 2.50. The number of likely N-dealkylation sites (tertiary alicyclic amines) is 1. The van der Waals surface area contributed by atoms with E-state index in [1.54, 1.807) is 6.07 Å². The smallest absolute Gasteiger partial charge is 0.242 e. The Morgan fingerprint density at radius 1 is 1.43 bits per heavy atom. The monoisotopic (exact) mass is 337 g/mol. The molecule has 6 heteroatoms. The van der Waals surface area contributed by atoms with Crippen LogP contribution in [0.15, 0.2) is 18.2 Å². The number of fused-ring (bicyclic) bond motifs is 1. The predicted octanol–water partition coefficient (Wildman–Crippen LogP) is 2.12. The van der Waals surface area contributed by atoms with Gasteiger partial charge in [0.1, 0.15) is 12.4 Å². The molecule has 5 nitrogen and oxygen atoms in total. The molecule has 2 N–H and O–H groups in total. The van der Waals surface area contributed by atoms with Crippen molar-refractivity contribution in [3.63, 3.8) is 0 Å². The highest BCUT2D eigenvalue weighted by molar-refractivity contribution is 6.31. The van der Waals surface area contributed by atoms with Crippen molar-refractivity contribution in [1.29, 1.82) is 0 Å². The number of ether oxygens (including phenoxy) is 1. The number of nitrogens with two attached hydrogens (primary N) is 1. The van der Waals surface area contributed by atoms with Crippen LogP contribution in [0, 0.1) is 5.41 Å². The fourth-order valence-corrected chi connectivity index (χ4v) is 3.43. The Bertz CT molecular complexity index is 606. The molecule has 1 saturated heterocycles. The average molecular weight is 338 g/mol. The van der Waals surface area contributed by atoms with Gasteiger partial charge in [-0.2, -0.15) is 0 Å². The van der Waals surface area contributed by atoms with E-state index in [2.05, 4.69) is 18.7 Å². The van der Waals surface area contributed by atoms with Crippen molar-refractivity contribution < 1.29 is 9.53 Å². The normalized spacial score (nSPS) is 23.2. The third-order valence-corrected chi connectivity index (χ3v) is 5.11. The van der Waals surface area contributed by atoms with Gasteiger partial charge in [-0.25, -0.2) is 0 Å². The first-order valence-electron chi connectivity index (χ1n) is 8.07. The maximum Gasteiger partial charge on any atom is 0.242 e. The van der Waals surface area contributed by atoms with Crippen LogP contribution in [0.1, 0.15) is 20.3 Å². The van der Waals surface area contributed by atoms with Gasteiger partial charge in [0, 0.05) is 24.2 Å². The Hall–Kier alpha value is -1.46. The summed E-state index contributed by atoms with van der Waals surface area (Å²) in [4.78, 5) is 16.7. The van der Waals surface area contributed by atoms with Crippen LogP contribution in [-0.2, 0) is 4.79 Å². The number of amides is 1. The SMILES string of the molecule is CC1(C)CN(C(=O)CN2CCOc3ccc(Cl)cc32)CCC1N. The van der Waals surface area contributed by atoms with E-state index in [0.717, 1.165) is 24.4 Å². The van der Waals surface area contributed by atoms with E-state index in [4.69, 9.17) is 22.1 Å². The number of piperidine rings is 1. The summed E-state index contributed by atoms with van der Waals surface area (Å²) in [5.41, 5.74) is 7.01. The van der Waals surface area contributed by atoms with E-state index in [0.29, 0.717) is 31.3 Å². The molecule has 1 unspecified atom stereocenters. The number of carbonyl (C=O) groups excluding carboxylic acids is 1. The van der Waals surface area contributed by atoms with Crippen LogP contribution in [0.4, 0.5) is 5.69 Å². The molecular formula is C17H24ClN3O2. The summed E-state index contributed by atoms with van der Waals surface area (Å²) in [6, 6.07) is 5.67. The van der Waals surface area contributed by atoms with E-state index in [9.17, 15) is 4.79 Å². The highest BCUT2D eigenvalue weighted by atomic mass is 35.5. The van der Waals surface area contributed by atoms with Crippen LogP contribution in [0.2, 0.25) is 5.02 Å². The van der Waals surface area contributed by atoms with Crippen molar-refractivity contribution in [1.82, 2.24) is 4.90 Å². The Balaban J connectivity index is 1.71. The van der Waals surface area contributed by atoms with Gasteiger partial charge in [0.2, 0.25) is 5.91 Å². The number of nitrogens with zero attached hydrogens (tertiary/aromatic N) is 2. The number of anilines is 1. The number of halogens is 1. The van der Waals surface area contributed by atoms with Gasteiger partial charge in [0.25, 0.3) is 0 Å². The van der Waals surface area contributed by atoms with Gasteiger partial charge in [-0.3, -0.25) is 4.79 Å². The molecule has 0 radical (unpaired) electrons. The van der Waals surface area contributed by atoms with E-state index in [-0.39, 0.29) is 17.4 Å². The maximum atomic E-state index is 12.7. The van der Waals surface area contributed by atoms with E-state index >= 15 is 0 Å². The number of hydrogen-bond acceptors (Lipinski definition) is 4. The lowest BCUT2D eigenvalue weighted by Crippen LogP contribution is -2.55. The van der Waals surface area contributed by atoms with Crippen LogP contribution in [0.25, 0.3) is 0 Å². The van der Waals surface area contributed by atoms with Gasteiger partial charge < -0.3 is 20.3 Å². The Morgan fingerprint density at radius 3 is 2.96 bits per heavy atom. The zero-order valence-electron chi connectivity index (χ0n) is 13.7. The Morgan fingerprint density at radius 2 is 2.22 bits per heavy atom. The summed E-state index contributed by atoms with van der Waals surface area (Å²) < 4.78 is 5.64. The van der Waals surface area contributed by atoms with Crippen LogP contribution < -0.4 is 15.4 Å². The minimum Gasteiger partial charge on any atom is -0.490 e. The first-order valence-corrected chi connectivity index (χ1v) is 8.45. The lowest BCUT2D eigenvalue weighted by Gasteiger charge is -2.43. The summed E-state index contributed by atoms with van der Waals surface area (Å²) in [5.74, 6) is 0.923. The van der Waals surface area contributed by atoms with Crippen LogP contribution >= 0.6 is 11.6 Å². The summed E-state index contributed by atoms with van der Waals surface area (Å²) in [6.45, 7) is 7.31. The first kappa shape index (κ1) is 16.4. The highest BCUT2D eigenvalue weighted by Gasteiger charge is 2.35. The molecule has 0 aromatic heterocycles. The largest absolute Gasteiger partial charge is 0.490 e. The van der Waals surface area contributed by atoms with Gasteiger partial charge >= 0.3 is 0 Å². The molecule has 0 spiro atoms. The molecule has 1 atom stereocenters. The predicted molar refractivity (Wildman–Crippen MR) is 92.1 cm³/mol. The van der Waals surface area contributed by atoms with Gasteiger partial charge in [-0.1, -0.05) is 25.4 Å². The van der Waals surface area contributed by atoms with Gasteiger partial charge in [0.05, 0.1) is 18.8 Å². The van der Waals surface area contributed by atoms with E-state index in [1.807, 2.05) is 17.0 Å². The number of benzene rings is 1. The second-order valence-electron chi connectivity index (χ2n) is 7.08. The number of rotatable bonds is 2. The summed E-state index contributed by atoms with van der Waals surface area (Å²) >= 11 is 6.09. The van der Waals surface area contributed by atoms with Crippen molar-refractivity contribution in [2.24, 2.45) is 11.1 Å². The van der Waals surface area contributed by atoms with Crippen LogP contribution in [0.3, 0.4) is 0 Å². The third kappa shape index (κ3) is 3.40. The quantitative estimate of drug-likeness (QED) is 0.898. The number of hydrogen-bond donors (Lipinski definition) is 1. The van der Waals surface area contributed by atoms with Crippen LogP contribution in [-0.4, -0.2) is 49.6 Å². The maximum absolute atomic E-state index is 12.7. The summed E-state index contributed by atoms with van der Waals surface area (Å²) in [5, 5.41) is 0.650. The molecule has 2 aliphatic rings. The van der Waals surface area contributed by atoms with E-state index < -0.39 is 0 Å². The molecule has 23 heavy (non-hydrogen) atoms. The minimum atomic E-state index is -0.0415. The second kappa shape index (κ2) is 6.21. The van der Waals surface area contributed by atoms with Crippen molar-refractivity contribution in [3.8, 4) is 5.75 Å². The van der Waals surface area contributed by atoms with Crippen molar-refractivity contribution in [3.05, 3.63) is 23.2 Å². The van der Waals surface area contributed by atoms with Gasteiger partial charge in [-0.05, 0) is 30.0 Å². The molecule has 2 aliphatic heterocycles. The topological polar surface area (TPSA) is 58.8 Å². The molecule has 1 fully saturated rings. The molecule has 0 saturated carbocycles. The van der Waals surface area contributed by atoms with Crippen molar-refractivity contribution >= 4 is 23.2 Å². The van der Waals surface area contributed by atoms with Gasteiger partial charge in [-0.15, -0.1) is 0 Å². The molecule has 1 aromatic carbocycles. The lowest BCUT2D eigenvalue weighted by molar-refractivity contribution is -0.133. The Kier molecular flexibility index (Phi) is 4.43. The highest BCUT2D eigenvalue weighted by Crippen LogP contribution is 2.34. The second-order valence-corrected chi connectivity index (χ2v) is 7.52. The minimum absolute atomic E-state index is 0.0415. The molecule has 126 valence electrons. The molecule has 0 aliphatic carbocycles. The van der Waals surface area contributed by atoms with Crippen molar-refractivity contribution in [2.45, 2.75) is 26.3 Å². The van der Waals surface area contributed by atoms with Gasteiger partial charge in [0.15, 0.2) is 0 Å². The molecule has 2 heterocycles. The number of carbonyl (C=O) groups is 1. The molecule has 1 amide bonds. The lowest BCUT2D eigenvalue weighted by atomic mass is 9.79. The van der Waals surface area contributed by atoms with Crippen molar-refractivity contribution in [2.75, 3.05) is 37.7 Å². The molecule has 0 bridgehead atoms. The zero-order chi connectivity index (χ0) is 16.6. The molecule has 1 aromatic rings. The van der Waals surface area contributed by atoms with Crippen LogP contribution in [0.5, 0.6) is 5.75 Å². The standard InChI is InChI=1S/C17H24ClN3O2/c1-17(2)11-21(6-5-15(17)19)16(22)10-20-7-8-23-14-4-3-12(18)9-13(14)20/h3-4,9,15H,5-8,10-11,19H2,1-2H3. The van der Waals surface area contributed by atoms with E-state index in [1.165, 1.54) is 0 Å². The summed E-state index contributed by atoms with van der Waals surface area (Å²) in [6.07, 6.45) is 0.851. The summed E-state index contributed by atoms with van der Waals surface area (Å²) in [7, 11) is 0.